The first-order chi connectivity index (χ1) is 30.7. The molecule has 0 bridgehead atoms. The highest BCUT2D eigenvalue weighted by atomic mass is 15.0. The Hall–Kier alpha value is -8.73. The number of nitriles is 1. The van der Waals surface area contributed by atoms with Gasteiger partial charge >= 0.3 is 0 Å². The molecule has 10 aromatic rings. The molecule has 0 aliphatic carbocycles. The summed E-state index contributed by atoms with van der Waals surface area (Å²) in [5, 5.41) is 11.0. The Bertz CT molecular complexity index is 3120. The Morgan fingerprint density at radius 2 is 0.532 bits per heavy atom. The Morgan fingerprint density at radius 1 is 0.242 bits per heavy atom. The standard InChI is InChI=1S/C55H35N7/c56-36-49-46(33-18-34-47(49)45-31-15-16-32-48(45)55-61-52(39-23-9-3-10-24-39)58-53(62-55)40-25-11-4-12-26-40)44-30-14-13-29-43(44)41-27-17-28-42(35-41)54-59-50(37-19-5-1-6-20-37)57-51(60-54)38-21-7-2-8-22-38/h1-35H. The van der Waals surface area contributed by atoms with E-state index in [-0.39, 0.29) is 0 Å². The van der Waals surface area contributed by atoms with Crippen molar-refractivity contribution in [2.45, 2.75) is 0 Å². The summed E-state index contributed by atoms with van der Waals surface area (Å²) >= 11 is 0. The van der Waals surface area contributed by atoms with Crippen LogP contribution in [-0.4, -0.2) is 29.9 Å². The van der Waals surface area contributed by atoms with Crippen LogP contribution >= 0.6 is 0 Å². The monoisotopic (exact) mass is 793 g/mol. The average molecular weight is 794 g/mol. The van der Waals surface area contributed by atoms with Gasteiger partial charge in [-0.3, -0.25) is 0 Å². The van der Waals surface area contributed by atoms with Crippen LogP contribution in [0.15, 0.2) is 212 Å². The van der Waals surface area contributed by atoms with Crippen LogP contribution in [0, 0.1) is 11.3 Å². The van der Waals surface area contributed by atoms with E-state index in [0.717, 1.165) is 66.8 Å². The molecule has 7 nitrogen and oxygen atoms in total. The first-order valence-corrected chi connectivity index (χ1v) is 20.3. The summed E-state index contributed by atoms with van der Waals surface area (Å²) in [5.41, 5.74) is 11.0. The van der Waals surface area contributed by atoms with Gasteiger partial charge in [-0.15, -0.1) is 0 Å². The molecule has 2 aromatic heterocycles. The van der Waals surface area contributed by atoms with Crippen LogP contribution in [0.5, 0.6) is 0 Å². The van der Waals surface area contributed by atoms with E-state index in [1.165, 1.54) is 0 Å². The van der Waals surface area contributed by atoms with E-state index in [4.69, 9.17) is 29.9 Å². The zero-order valence-electron chi connectivity index (χ0n) is 33.3. The first-order valence-electron chi connectivity index (χ1n) is 20.3. The van der Waals surface area contributed by atoms with Crippen molar-refractivity contribution in [2.24, 2.45) is 0 Å². The molecule has 8 aromatic carbocycles. The van der Waals surface area contributed by atoms with Crippen LogP contribution < -0.4 is 0 Å². The van der Waals surface area contributed by atoms with Crippen molar-refractivity contribution < 1.29 is 0 Å². The molecule has 0 radical (unpaired) electrons. The molecule has 7 heteroatoms. The molecule has 10 rings (SSSR count). The molecule has 290 valence electrons. The van der Waals surface area contributed by atoms with Crippen molar-refractivity contribution in [1.82, 2.24) is 29.9 Å². The number of hydrogen-bond donors (Lipinski definition) is 0. The summed E-state index contributed by atoms with van der Waals surface area (Å²) in [6.45, 7) is 0. The van der Waals surface area contributed by atoms with Gasteiger partial charge in [0.1, 0.15) is 6.07 Å². The van der Waals surface area contributed by atoms with Gasteiger partial charge in [-0.1, -0.05) is 206 Å². The first kappa shape index (κ1) is 37.5. The molecule has 0 atom stereocenters. The van der Waals surface area contributed by atoms with E-state index in [1.54, 1.807) is 0 Å². The van der Waals surface area contributed by atoms with Gasteiger partial charge in [0.05, 0.1) is 5.56 Å². The minimum absolute atomic E-state index is 0.518. The molecule has 0 saturated heterocycles. The van der Waals surface area contributed by atoms with Gasteiger partial charge < -0.3 is 0 Å². The van der Waals surface area contributed by atoms with Crippen molar-refractivity contribution in [2.75, 3.05) is 0 Å². The van der Waals surface area contributed by atoms with Crippen LogP contribution in [0.1, 0.15) is 5.56 Å². The van der Waals surface area contributed by atoms with E-state index in [1.807, 2.05) is 188 Å². The summed E-state index contributed by atoms with van der Waals surface area (Å²) in [6, 6.07) is 72.8. The maximum atomic E-state index is 11.0. The van der Waals surface area contributed by atoms with Crippen LogP contribution in [0.4, 0.5) is 0 Å². The minimum Gasteiger partial charge on any atom is -0.208 e. The van der Waals surface area contributed by atoms with E-state index in [0.29, 0.717) is 40.5 Å². The third-order valence-corrected chi connectivity index (χ3v) is 10.7. The van der Waals surface area contributed by atoms with Crippen molar-refractivity contribution >= 4 is 0 Å². The number of benzene rings is 8. The minimum atomic E-state index is 0.518. The number of rotatable bonds is 9. The predicted molar refractivity (Wildman–Crippen MR) is 247 cm³/mol. The predicted octanol–water partition coefficient (Wildman–Crippen LogP) is 12.9. The molecule has 0 amide bonds. The van der Waals surface area contributed by atoms with Gasteiger partial charge in [-0.2, -0.15) is 5.26 Å². The van der Waals surface area contributed by atoms with Crippen molar-refractivity contribution in [3.8, 4) is 108 Å². The smallest absolute Gasteiger partial charge is 0.164 e. The molecule has 0 fully saturated rings. The largest absolute Gasteiger partial charge is 0.208 e. The Morgan fingerprint density at radius 3 is 0.968 bits per heavy atom. The second-order valence-corrected chi connectivity index (χ2v) is 14.6. The zero-order valence-corrected chi connectivity index (χ0v) is 33.3. The number of aromatic nitrogens is 6. The van der Waals surface area contributed by atoms with Crippen LogP contribution in [0.3, 0.4) is 0 Å². The van der Waals surface area contributed by atoms with E-state index >= 15 is 0 Å². The second-order valence-electron chi connectivity index (χ2n) is 14.6. The highest BCUT2D eigenvalue weighted by molar-refractivity contribution is 5.93. The van der Waals surface area contributed by atoms with E-state index < -0.39 is 0 Å². The fraction of sp³-hybridized carbons (Fsp3) is 0. The fourth-order valence-electron chi connectivity index (χ4n) is 7.70. The molecule has 62 heavy (non-hydrogen) atoms. The van der Waals surface area contributed by atoms with Crippen LogP contribution in [-0.2, 0) is 0 Å². The molecule has 0 aliphatic heterocycles. The average Bonchev–Trinajstić information content (AvgIpc) is 3.37. The van der Waals surface area contributed by atoms with Gasteiger partial charge in [0, 0.05) is 44.5 Å². The van der Waals surface area contributed by atoms with Crippen LogP contribution in [0.25, 0.3) is 102 Å². The van der Waals surface area contributed by atoms with Crippen molar-refractivity contribution in [3.05, 3.63) is 218 Å². The third kappa shape index (κ3) is 7.52. The molecule has 0 aliphatic rings. The van der Waals surface area contributed by atoms with Gasteiger partial charge in [-0.05, 0) is 28.3 Å². The number of nitrogens with zero attached hydrogens (tertiary/aromatic N) is 7. The summed E-state index contributed by atoms with van der Waals surface area (Å²) in [5.74, 6) is 3.42. The SMILES string of the molecule is N#Cc1c(-c2ccccc2-c2cccc(-c3nc(-c4ccccc4)nc(-c4ccccc4)n3)c2)cccc1-c1ccccc1-c1nc(-c2ccccc2)nc(-c2ccccc2)n1. The third-order valence-electron chi connectivity index (χ3n) is 10.7. The summed E-state index contributed by atoms with van der Waals surface area (Å²) in [6.07, 6.45) is 0. The Balaban J connectivity index is 1.08. The second kappa shape index (κ2) is 16.9. The molecular formula is C55H35N7. The maximum Gasteiger partial charge on any atom is 0.164 e. The lowest BCUT2D eigenvalue weighted by Crippen LogP contribution is -2.01. The zero-order chi connectivity index (χ0) is 41.7. The van der Waals surface area contributed by atoms with E-state index in [2.05, 4.69) is 30.3 Å². The normalized spacial score (nSPS) is 10.9. The van der Waals surface area contributed by atoms with Gasteiger partial charge in [0.2, 0.25) is 0 Å². The molecule has 2 heterocycles. The quantitative estimate of drug-likeness (QED) is 0.143. The summed E-state index contributed by atoms with van der Waals surface area (Å²) in [4.78, 5) is 29.8. The molecule has 0 spiro atoms. The molecular weight excluding hydrogens is 759 g/mol. The molecule has 0 saturated carbocycles. The molecule has 0 N–H and O–H groups in total. The lowest BCUT2D eigenvalue weighted by atomic mass is 9.87. The topological polar surface area (TPSA) is 101 Å². The van der Waals surface area contributed by atoms with Gasteiger partial charge in [0.25, 0.3) is 0 Å². The molecule has 0 unspecified atom stereocenters. The van der Waals surface area contributed by atoms with Crippen molar-refractivity contribution in [1.29, 1.82) is 5.26 Å². The lowest BCUT2D eigenvalue weighted by Gasteiger charge is -2.17. The van der Waals surface area contributed by atoms with Gasteiger partial charge in [0.15, 0.2) is 34.9 Å². The highest BCUT2D eigenvalue weighted by Crippen LogP contribution is 2.41. The van der Waals surface area contributed by atoms with Crippen molar-refractivity contribution in [3.63, 3.8) is 0 Å². The lowest BCUT2D eigenvalue weighted by molar-refractivity contribution is 1.07. The maximum absolute atomic E-state index is 11.0. The summed E-state index contributed by atoms with van der Waals surface area (Å²) < 4.78 is 0. The Labute approximate surface area is 359 Å². The van der Waals surface area contributed by atoms with E-state index in [9.17, 15) is 5.26 Å². The summed E-state index contributed by atoms with van der Waals surface area (Å²) in [7, 11) is 0. The number of hydrogen-bond acceptors (Lipinski definition) is 7. The van der Waals surface area contributed by atoms with Gasteiger partial charge in [-0.25, -0.2) is 29.9 Å². The van der Waals surface area contributed by atoms with Crippen LogP contribution in [0.2, 0.25) is 0 Å². The fourth-order valence-corrected chi connectivity index (χ4v) is 7.70. The highest BCUT2D eigenvalue weighted by Gasteiger charge is 2.21. The Kier molecular flexibility index (Phi) is 10.2.